The highest BCUT2D eigenvalue weighted by molar-refractivity contribution is 6.00. The van der Waals surface area contributed by atoms with Crippen molar-refractivity contribution in [1.82, 2.24) is 20.2 Å². The van der Waals surface area contributed by atoms with Crippen LogP contribution in [0.4, 0.5) is 13.2 Å². The molecule has 3 aromatic carbocycles. The third kappa shape index (κ3) is 7.38. The topological polar surface area (TPSA) is 120 Å². The van der Waals surface area contributed by atoms with Crippen molar-refractivity contribution in [3.05, 3.63) is 113 Å². The molecule has 0 spiro atoms. The Bertz CT molecular complexity index is 1590. The Morgan fingerprint density at radius 2 is 1.84 bits per heavy atom. The number of carbonyl (C=O) groups is 2. The van der Waals surface area contributed by atoms with Crippen LogP contribution in [0.3, 0.4) is 0 Å². The lowest BCUT2D eigenvalue weighted by Crippen LogP contribution is -2.46. The summed E-state index contributed by atoms with van der Waals surface area (Å²) in [5, 5.41) is 6.23. The molecule has 4 aromatic rings. The molecule has 9 nitrogen and oxygen atoms in total. The van der Waals surface area contributed by atoms with Gasteiger partial charge >= 0.3 is 6.36 Å². The Hall–Kier alpha value is -4.84. The molecular weight excluding hydrogens is 575 g/mol. The van der Waals surface area contributed by atoms with Gasteiger partial charge in [0.15, 0.2) is 0 Å². The molecule has 1 aliphatic rings. The smallest absolute Gasteiger partial charge is 0.492 e. The number of benzene rings is 3. The van der Waals surface area contributed by atoms with Gasteiger partial charge in [-0.3, -0.25) is 9.59 Å². The number of nitrogens with zero attached hydrogens (tertiary/aromatic N) is 2. The van der Waals surface area contributed by atoms with E-state index in [-0.39, 0.29) is 24.1 Å². The van der Waals surface area contributed by atoms with Gasteiger partial charge in [0.1, 0.15) is 17.5 Å². The number of alkyl halides is 3. The molecule has 2 unspecified atom stereocenters. The van der Waals surface area contributed by atoms with Crippen LogP contribution in [0.25, 0.3) is 0 Å². The highest BCUT2D eigenvalue weighted by Crippen LogP contribution is 2.35. The molecule has 2 amide bonds. The van der Waals surface area contributed by atoms with Crippen molar-refractivity contribution in [2.75, 3.05) is 6.61 Å². The minimum Gasteiger partial charge on any atom is -0.492 e. The number of halogens is 3. The predicted molar refractivity (Wildman–Crippen MR) is 156 cm³/mol. The number of nitrogens with one attached hydrogen (secondary N) is 2. The molecule has 12 heteroatoms. The van der Waals surface area contributed by atoms with Gasteiger partial charge in [-0.1, -0.05) is 54.6 Å². The van der Waals surface area contributed by atoms with Gasteiger partial charge in [0.2, 0.25) is 5.91 Å². The number of imidazole rings is 1. The summed E-state index contributed by atoms with van der Waals surface area (Å²) >= 11 is 0. The zero-order valence-corrected chi connectivity index (χ0v) is 23.9. The number of nitrogens with two attached hydrogens (primary N) is 1. The van der Waals surface area contributed by atoms with E-state index >= 15 is 0 Å². The molecule has 5 rings (SSSR count). The van der Waals surface area contributed by atoms with Gasteiger partial charge in [0.25, 0.3) is 5.91 Å². The molecule has 2 heterocycles. The first-order valence-corrected chi connectivity index (χ1v) is 14.1. The molecule has 0 fully saturated rings. The predicted octanol–water partition coefficient (Wildman–Crippen LogP) is 4.83. The molecule has 0 radical (unpaired) electrons. The lowest BCUT2D eigenvalue weighted by molar-refractivity contribution is -0.274. The molecule has 4 N–H and O–H groups in total. The summed E-state index contributed by atoms with van der Waals surface area (Å²) in [5.74, 6) is -1.33. The first kappa shape index (κ1) is 30.6. The second-order valence-electron chi connectivity index (χ2n) is 10.5. The number of para-hydroxylation sites is 1. The number of primary amides is 1. The molecule has 44 heavy (non-hydrogen) atoms. The molecule has 230 valence electrons. The lowest BCUT2D eigenvalue weighted by atomic mass is 9.96. The number of hydrogen-bond donors (Lipinski definition) is 3. The van der Waals surface area contributed by atoms with Gasteiger partial charge in [-0.05, 0) is 36.2 Å². The Morgan fingerprint density at radius 3 is 2.55 bits per heavy atom. The standard InChI is InChI=1S/C32H32F3N5O4/c1-20(22-6-3-2-4-7-22)40-19-37-17-23(40)18-38-27-14-15-43-29-25(27)8-5-9-26(29)31(42)39-28(30(36)41)16-21-10-12-24(13-11-21)44-32(33,34)35/h2-13,17,19-20,27-28,38H,14-16,18H2,1H3,(H2,36,41)(H,39,42)/t20?,27?,28-/m0/s1. The van der Waals surface area contributed by atoms with Crippen LogP contribution in [-0.2, 0) is 17.8 Å². The van der Waals surface area contributed by atoms with E-state index in [1.165, 1.54) is 17.7 Å². The Balaban J connectivity index is 1.27. The highest BCUT2D eigenvalue weighted by Gasteiger charge is 2.31. The SMILES string of the molecule is CC(c1ccccc1)n1cncc1CNC1CCOc2c(C(=O)N[C@@H](Cc3ccc(OC(F)(F)F)cc3)C(N)=O)cccc21. The van der Waals surface area contributed by atoms with E-state index in [2.05, 4.69) is 44.0 Å². The van der Waals surface area contributed by atoms with E-state index in [9.17, 15) is 22.8 Å². The fraction of sp³-hybridized carbons (Fsp3) is 0.281. The number of hydrogen-bond acceptors (Lipinski definition) is 6. The van der Waals surface area contributed by atoms with Crippen molar-refractivity contribution in [3.63, 3.8) is 0 Å². The Morgan fingerprint density at radius 1 is 1.09 bits per heavy atom. The maximum atomic E-state index is 13.4. The van der Waals surface area contributed by atoms with Crippen LogP contribution < -0.4 is 25.8 Å². The van der Waals surface area contributed by atoms with Crippen molar-refractivity contribution in [3.8, 4) is 11.5 Å². The first-order chi connectivity index (χ1) is 21.1. The zero-order chi connectivity index (χ0) is 31.3. The third-order valence-corrected chi connectivity index (χ3v) is 7.54. The summed E-state index contributed by atoms with van der Waals surface area (Å²) in [6, 6.07) is 19.3. The van der Waals surface area contributed by atoms with Crippen LogP contribution in [0.5, 0.6) is 11.5 Å². The third-order valence-electron chi connectivity index (χ3n) is 7.54. The molecule has 0 bridgehead atoms. The number of carbonyl (C=O) groups excluding carboxylic acids is 2. The van der Waals surface area contributed by atoms with Crippen molar-refractivity contribution in [2.45, 2.75) is 50.8 Å². The van der Waals surface area contributed by atoms with Gasteiger partial charge in [-0.15, -0.1) is 13.2 Å². The van der Waals surface area contributed by atoms with Crippen LogP contribution in [-0.4, -0.2) is 40.4 Å². The quantitative estimate of drug-likeness (QED) is 0.225. The zero-order valence-electron chi connectivity index (χ0n) is 23.9. The largest absolute Gasteiger partial charge is 0.573 e. The Labute approximate surface area is 252 Å². The van der Waals surface area contributed by atoms with Crippen LogP contribution in [0, 0.1) is 0 Å². The second kappa shape index (κ2) is 13.2. The maximum Gasteiger partial charge on any atom is 0.573 e. The van der Waals surface area contributed by atoms with Crippen LogP contribution in [0.1, 0.15) is 58.2 Å². The van der Waals surface area contributed by atoms with Crippen molar-refractivity contribution in [2.24, 2.45) is 5.73 Å². The van der Waals surface area contributed by atoms with Crippen LogP contribution >= 0.6 is 0 Å². The van der Waals surface area contributed by atoms with Crippen LogP contribution in [0.2, 0.25) is 0 Å². The number of ether oxygens (including phenoxy) is 2. The monoisotopic (exact) mass is 607 g/mol. The van der Waals surface area contributed by atoms with E-state index in [4.69, 9.17) is 10.5 Å². The van der Waals surface area contributed by atoms with E-state index in [1.807, 2.05) is 36.8 Å². The van der Waals surface area contributed by atoms with Gasteiger partial charge in [-0.2, -0.15) is 0 Å². The summed E-state index contributed by atoms with van der Waals surface area (Å²) in [7, 11) is 0. The minimum atomic E-state index is -4.82. The summed E-state index contributed by atoms with van der Waals surface area (Å²) in [6.07, 6.45) is -0.520. The van der Waals surface area contributed by atoms with E-state index in [1.54, 1.807) is 12.1 Å². The number of rotatable bonds is 11. The van der Waals surface area contributed by atoms with Gasteiger partial charge in [0, 0.05) is 37.2 Å². The fourth-order valence-electron chi connectivity index (χ4n) is 5.27. The average molecular weight is 608 g/mol. The molecule has 0 saturated carbocycles. The molecular formula is C32H32F3N5O4. The second-order valence-corrected chi connectivity index (χ2v) is 10.5. The van der Waals surface area contributed by atoms with E-state index in [0.717, 1.165) is 23.4 Å². The summed E-state index contributed by atoms with van der Waals surface area (Å²) in [5.41, 5.74) is 9.28. The summed E-state index contributed by atoms with van der Waals surface area (Å²) in [4.78, 5) is 29.9. The van der Waals surface area contributed by atoms with Crippen molar-refractivity contribution >= 4 is 11.8 Å². The molecule has 0 saturated heterocycles. The van der Waals surface area contributed by atoms with Gasteiger partial charge in [-0.25, -0.2) is 4.98 Å². The van der Waals surface area contributed by atoms with Gasteiger partial charge in [0.05, 0.1) is 30.2 Å². The highest BCUT2D eigenvalue weighted by atomic mass is 19.4. The Kier molecular flexibility index (Phi) is 9.19. The molecule has 0 aliphatic carbocycles. The van der Waals surface area contributed by atoms with Crippen molar-refractivity contribution in [1.29, 1.82) is 0 Å². The fourth-order valence-corrected chi connectivity index (χ4v) is 5.27. The van der Waals surface area contributed by atoms with Crippen LogP contribution in [0.15, 0.2) is 85.3 Å². The minimum absolute atomic E-state index is 0.0253. The average Bonchev–Trinajstić information content (AvgIpc) is 3.48. The molecule has 1 aliphatic heterocycles. The lowest BCUT2D eigenvalue weighted by Gasteiger charge is -2.29. The normalized spacial score (nSPS) is 15.9. The summed E-state index contributed by atoms with van der Waals surface area (Å²) < 4.78 is 49.3. The van der Waals surface area contributed by atoms with E-state index < -0.39 is 30.0 Å². The number of aromatic nitrogens is 2. The van der Waals surface area contributed by atoms with Crippen molar-refractivity contribution < 1.29 is 32.2 Å². The maximum absolute atomic E-state index is 13.4. The number of fused-ring (bicyclic) bond motifs is 1. The van der Waals surface area contributed by atoms with Gasteiger partial charge < -0.3 is 30.4 Å². The molecule has 3 atom stereocenters. The first-order valence-electron chi connectivity index (χ1n) is 14.1. The molecule has 1 aromatic heterocycles. The summed E-state index contributed by atoms with van der Waals surface area (Å²) in [6.45, 7) is 3.03. The van der Waals surface area contributed by atoms with E-state index in [0.29, 0.717) is 30.9 Å². The number of amides is 2.